The fourth-order valence-electron chi connectivity index (χ4n) is 0. The number of hydrogen-bond acceptors (Lipinski definition) is 1. The summed E-state index contributed by atoms with van der Waals surface area (Å²) in [6.45, 7) is 3.57. The Morgan fingerprint density at radius 1 is 1.57 bits per heavy atom. The summed E-state index contributed by atoms with van der Waals surface area (Å²) in [6, 6.07) is 0. The Morgan fingerprint density at radius 2 is 1.71 bits per heavy atom. The Balaban J connectivity index is 0. The molecule has 0 aromatic rings. The number of hydrogen-bond donors (Lipinski definition) is 1. The maximum absolute atomic E-state index is 5.30. The van der Waals surface area contributed by atoms with Crippen molar-refractivity contribution in [3.63, 3.8) is 0 Å². The third kappa shape index (κ3) is 10.7. The van der Waals surface area contributed by atoms with Gasteiger partial charge in [-0.3, -0.25) is 0 Å². The van der Waals surface area contributed by atoms with Crippen molar-refractivity contribution in [2.45, 2.75) is 19.4 Å². The van der Waals surface area contributed by atoms with Gasteiger partial charge in [-0.2, -0.15) is 0 Å². The zero-order valence-corrected chi connectivity index (χ0v) is 6.28. The van der Waals surface area contributed by atoms with Crippen molar-refractivity contribution in [2.75, 3.05) is 0 Å². The van der Waals surface area contributed by atoms with Crippen LogP contribution in [0.3, 0.4) is 0 Å². The summed E-state index contributed by atoms with van der Waals surface area (Å²) in [5.41, 5.74) is 4.87. The molecule has 0 aromatic carbocycles. The predicted molar refractivity (Wildman–Crippen MR) is 37.4 cm³/mol. The molecule has 0 saturated heterocycles. The quantitative estimate of drug-likeness (QED) is 0.529. The Labute approximate surface area is 55.1 Å². The van der Waals surface area contributed by atoms with Crippen LogP contribution < -0.4 is 5.73 Å². The zero-order valence-electron chi connectivity index (χ0n) is 4.56. The molecule has 0 aliphatic rings. The second-order valence-electron chi connectivity index (χ2n) is 1.87. The molecule has 42 valence electrons. The van der Waals surface area contributed by atoms with Crippen LogP contribution in [0.15, 0.2) is 0 Å². The zero-order chi connectivity index (χ0) is 5.21. The normalized spacial score (nSPS) is 8.86. The standard InChI is InChI=1S/C5H9N.BrH/c1-4-5(2,3)6;/h1H,6H2,2-3H3;1H. The highest BCUT2D eigenvalue weighted by molar-refractivity contribution is 8.93. The second-order valence-corrected chi connectivity index (χ2v) is 1.87. The van der Waals surface area contributed by atoms with E-state index in [-0.39, 0.29) is 17.0 Å². The lowest BCUT2D eigenvalue weighted by Crippen LogP contribution is -2.28. The molecular weight excluding hydrogens is 154 g/mol. The first kappa shape index (κ1) is 10.1. The lowest BCUT2D eigenvalue weighted by molar-refractivity contribution is 0.681. The van der Waals surface area contributed by atoms with Gasteiger partial charge >= 0.3 is 0 Å². The SMILES string of the molecule is Br.C#CC(C)(C)N. The molecule has 0 rings (SSSR count). The van der Waals surface area contributed by atoms with Crippen LogP contribution in [0.5, 0.6) is 0 Å². The smallest absolute Gasteiger partial charge is 0.0716 e. The van der Waals surface area contributed by atoms with E-state index in [4.69, 9.17) is 12.2 Å². The van der Waals surface area contributed by atoms with E-state index in [1.165, 1.54) is 0 Å². The van der Waals surface area contributed by atoms with E-state index in [9.17, 15) is 0 Å². The average Bonchev–Trinajstić information content (AvgIpc) is 1.35. The summed E-state index contributed by atoms with van der Waals surface area (Å²) in [7, 11) is 0. The van der Waals surface area contributed by atoms with Gasteiger partial charge in [-0.25, -0.2) is 0 Å². The van der Waals surface area contributed by atoms with Crippen molar-refractivity contribution in [3.05, 3.63) is 0 Å². The Kier molecular flexibility index (Phi) is 4.41. The monoisotopic (exact) mass is 163 g/mol. The molecule has 0 unspecified atom stereocenters. The van der Waals surface area contributed by atoms with Crippen LogP contribution in [0.2, 0.25) is 0 Å². The van der Waals surface area contributed by atoms with Gasteiger partial charge in [0.05, 0.1) is 5.54 Å². The largest absolute Gasteiger partial charge is 0.316 e. The van der Waals surface area contributed by atoms with Crippen LogP contribution in [-0.4, -0.2) is 5.54 Å². The molecule has 0 fully saturated rings. The highest BCUT2D eigenvalue weighted by Gasteiger charge is 2.00. The summed E-state index contributed by atoms with van der Waals surface area (Å²) in [5.74, 6) is 2.38. The third-order valence-electron chi connectivity index (χ3n) is 0.372. The summed E-state index contributed by atoms with van der Waals surface area (Å²) in [5, 5.41) is 0. The van der Waals surface area contributed by atoms with Crippen molar-refractivity contribution in [3.8, 4) is 12.3 Å². The molecule has 0 amide bonds. The molecule has 0 aliphatic heterocycles. The van der Waals surface area contributed by atoms with Crippen molar-refractivity contribution in [1.82, 2.24) is 0 Å². The highest BCUT2D eigenvalue weighted by Crippen LogP contribution is 1.88. The van der Waals surface area contributed by atoms with Gasteiger partial charge in [-0.1, -0.05) is 5.92 Å². The van der Waals surface area contributed by atoms with E-state index in [0.717, 1.165) is 0 Å². The Morgan fingerprint density at radius 3 is 1.71 bits per heavy atom. The van der Waals surface area contributed by atoms with Gasteiger partial charge in [0, 0.05) is 0 Å². The molecule has 0 bridgehead atoms. The van der Waals surface area contributed by atoms with Crippen LogP contribution in [-0.2, 0) is 0 Å². The number of terminal acetylenes is 1. The molecular formula is C5H10BrN. The van der Waals surface area contributed by atoms with Crippen molar-refractivity contribution in [2.24, 2.45) is 5.73 Å². The van der Waals surface area contributed by atoms with Gasteiger partial charge in [0.15, 0.2) is 0 Å². The fraction of sp³-hybridized carbons (Fsp3) is 0.600. The topological polar surface area (TPSA) is 26.0 Å². The number of nitrogens with two attached hydrogens (primary N) is 1. The van der Waals surface area contributed by atoms with Crippen molar-refractivity contribution < 1.29 is 0 Å². The first-order valence-electron chi connectivity index (χ1n) is 1.83. The van der Waals surface area contributed by atoms with E-state index < -0.39 is 5.54 Å². The van der Waals surface area contributed by atoms with Crippen LogP contribution in [0.4, 0.5) is 0 Å². The molecule has 0 atom stereocenters. The second kappa shape index (κ2) is 3.06. The molecule has 1 nitrogen and oxygen atoms in total. The van der Waals surface area contributed by atoms with Crippen molar-refractivity contribution >= 4 is 17.0 Å². The highest BCUT2D eigenvalue weighted by atomic mass is 79.9. The molecule has 0 heterocycles. The third-order valence-corrected chi connectivity index (χ3v) is 0.372. The van der Waals surface area contributed by atoms with E-state index in [2.05, 4.69) is 5.92 Å². The van der Waals surface area contributed by atoms with Gasteiger partial charge in [-0.05, 0) is 13.8 Å². The molecule has 0 aliphatic carbocycles. The molecule has 7 heavy (non-hydrogen) atoms. The Bertz CT molecular complexity index is 75.1. The summed E-state index contributed by atoms with van der Waals surface area (Å²) >= 11 is 0. The first-order valence-corrected chi connectivity index (χ1v) is 1.83. The minimum Gasteiger partial charge on any atom is -0.316 e. The first-order chi connectivity index (χ1) is 2.56. The minimum absolute atomic E-state index is 0. The Hall–Kier alpha value is 0.00000000000000000694. The van der Waals surface area contributed by atoms with Crippen LogP contribution in [0, 0.1) is 12.3 Å². The van der Waals surface area contributed by atoms with Crippen LogP contribution >= 0.6 is 17.0 Å². The molecule has 2 N–H and O–H groups in total. The van der Waals surface area contributed by atoms with E-state index in [1.54, 1.807) is 13.8 Å². The van der Waals surface area contributed by atoms with Gasteiger partial charge in [0.2, 0.25) is 0 Å². The van der Waals surface area contributed by atoms with E-state index in [1.807, 2.05) is 0 Å². The number of rotatable bonds is 0. The van der Waals surface area contributed by atoms with Gasteiger partial charge in [0.1, 0.15) is 0 Å². The van der Waals surface area contributed by atoms with E-state index in [0.29, 0.717) is 0 Å². The van der Waals surface area contributed by atoms with Gasteiger partial charge in [0.25, 0.3) is 0 Å². The summed E-state index contributed by atoms with van der Waals surface area (Å²) < 4.78 is 0. The van der Waals surface area contributed by atoms with E-state index >= 15 is 0 Å². The number of halogens is 1. The van der Waals surface area contributed by atoms with Crippen LogP contribution in [0.1, 0.15) is 13.8 Å². The summed E-state index contributed by atoms with van der Waals surface area (Å²) in [6.07, 6.45) is 4.93. The lowest BCUT2D eigenvalue weighted by atomic mass is 10.1. The van der Waals surface area contributed by atoms with Gasteiger partial charge in [-0.15, -0.1) is 23.4 Å². The average molecular weight is 164 g/mol. The molecule has 2 heteroatoms. The minimum atomic E-state index is -0.431. The maximum Gasteiger partial charge on any atom is 0.0716 e. The fourth-order valence-corrected chi connectivity index (χ4v) is 0. The lowest BCUT2D eigenvalue weighted by Gasteiger charge is -2.05. The van der Waals surface area contributed by atoms with Crippen molar-refractivity contribution in [1.29, 1.82) is 0 Å². The molecule has 0 spiro atoms. The summed E-state index contributed by atoms with van der Waals surface area (Å²) in [4.78, 5) is 0. The van der Waals surface area contributed by atoms with Crippen LogP contribution in [0.25, 0.3) is 0 Å². The predicted octanol–water partition coefficient (Wildman–Crippen LogP) is 0.935. The molecule has 0 radical (unpaired) electrons. The maximum atomic E-state index is 5.30. The molecule has 0 saturated carbocycles. The van der Waals surface area contributed by atoms with Gasteiger partial charge < -0.3 is 5.73 Å². The molecule has 0 aromatic heterocycles.